The van der Waals surface area contributed by atoms with Gasteiger partial charge in [-0.15, -0.1) is 0 Å². The second kappa shape index (κ2) is 21.8. The average Bonchev–Trinajstić information content (AvgIpc) is 3.73. The summed E-state index contributed by atoms with van der Waals surface area (Å²) in [6, 6.07) is 61.6. The van der Waals surface area contributed by atoms with Crippen molar-refractivity contribution < 1.29 is 26.7 Å². The number of nitrogens with zero attached hydrogens (tertiary/aromatic N) is 4. The van der Waals surface area contributed by atoms with Crippen LogP contribution >= 0.6 is 11.6 Å². The van der Waals surface area contributed by atoms with Gasteiger partial charge in [-0.1, -0.05) is 159 Å². The van der Waals surface area contributed by atoms with Crippen LogP contribution in [-0.2, 0) is 47.2 Å². The third-order valence-electron chi connectivity index (χ3n) is 13.7. The van der Waals surface area contributed by atoms with E-state index in [0.717, 1.165) is 55.0 Å². The van der Waals surface area contributed by atoms with E-state index in [1.165, 1.54) is 38.6 Å². The number of benzene rings is 6. The summed E-state index contributed by atoms with van der Waals surface area (Å²) in [4.78, 5) is 40.0. The van der Waals surface area contributed by atoms with E-state index in [1.807, 2.05) is 54.6 Å². The van der Waals surface area contributed by atoms with E-state index in [2.05, 4.69) is 169 Å². The predicted octanol–water partition coefficient (Wildman–Crippen LogP) is 14.0. The first-order valence-corrected chi connectivity index (χ1v) is 24.2. The number of aromatic nitrogens is 2. The Morgan fingerprint density at radius 1 is 0.600 bits per heavy atom. The first kappa shape index (κ1) is 49.5. The Morgan fingerprint density at radius 3 is 1.64 bits per heavy atom. The zero-order chi connectivity index (χ0) is 48.0. The maximum atomic E-state index is 13.7. The Labute approximate surface area is 428 Å². The molecule has 8 heteroatoms. The maximum Gasteiger partial charge on any atom is 2.00 e. The molecule has 2 aliphatic heterocycles. The second-order valence-corrected chi connectivity index (χ2v) is 19.3. The van der Waals surface area contributed by atoms with Gasteiger partial charge in [0.05, 0.1) is 0 Å². The number of hydrogen-bond donors (Lipinski definition) is 0. The smallest absolute Gasteiger partial charge is 0.347 e. The van der Waals surface area contributed by atoms with E-state index in [0.29, 0.717) is 22.3 Å². The van der Waals surface area contributed by atoms with Gasteiger partial charge in [-0.2, -0.15) is 0 Å². The summed E-state index contributed by atoms with van der Waals surface area (Å²) in [7, 11) is 2.06. The van der Waals surface area contributed by atoms with Crippen molar-refractivity contribution in [1.82, 2.24) is 9.97 Å². The molecule has 1 unspecified atom stereocenters. The van der Waals surface area contributed by atoms with Gasteiger partial charge < -0.3 is 9.80 Å². The summed E-state index contributed by atoms with van der Waals surface area (Å²) in [6.07, 6.45) is 10.3. The fraction of sp³-hybridized carbons (Fsp3) is 0.194. The molecule has 6 aromatic carbocycles. The molecule has 353 valence electrons. The molecule has 2 aromatic heterocycles. The van der Waals surface area contributed by atoms with Crippen LogP contribution in [-0.4, -0.2) is 35.1 Å². The van der Waals surface area contributed by atoms with Crippen LogP contribution in [0, 0.1) is 5.92 Å². The molecule has 0 spiro atoms. The second-order valence-electron chi connectivity index (χ2n) is 18.9. The first-order valence-electron chi connectivity index (χ1n) is 23.8. The third-order valence-corrected chi connectivity index (χ3v) is 13.9. The monoisotopic (exact) mass is 987 g/mol. The van der Waals surface area contributed by atoms with Crippen molar-refractivity contribution in [3.63, 3.8) is 0 Å². The molecule has 1 radical (unpaired) electrons. The number of carbonyl (C=O) groups is 2. The van der Waals surface area contributed by atoms with Crippen molar-refractivity contribution in [2.24, 2.45) is 5.92 Å². The van der Waals surface area contributed by atoms with Gasteiger partial charge in [-0.25, -0.2) is 0 Å². The number of ketones is 2. The number of hydrogen-bond acceptors (Lipinski definition) is 6. The van der Waals surface area contributed by atoms with Crippen molar-refractivity contribution in [3.05, 3.63) is 262 Å². The molecule has 0 saturated heterocycles. The van der Waals surface area contributed by atoms with Crippen LogP contribution in [0.3, 0.4) is 0 Å². The number of anilines is 2. The van der Waals surface area contributed by atoms with Gasteiger partial charge in [0.2, 0.25) is 11.6 Å². The van der Waals surface area contributed by atoms with E-state index >= 15 is 0 Å². The van der Waals surface area contributed by atoms with Crippen molar-refractivity contribution in [1.29, 1.82) is 0 Å². The Balaban J connectivity index is 0.000000189. The van der Waals surface area contributed by atoms with Crippen LogP contribution in [0.5, 0.6) is 0 Å². The molecule has 0 N–H and O–H groups in total. The zero-order valence-corrected chi connectivity index (χ0v) is 41.7. The SMILES string of the molecule is CC(C)CCN1/C(=C\C(=O)c2ccccn2)C(Cc2ccccc2)(Cc2ccccc2)c2cc(Cl)ccc21.CN1/C(=C\C(=O)c2ccccn2)C(C)(Cc2ccccc2)c2c1ccc1ccccc21.[Cu+2]. The normalized spacial score (nSPS) is 16.7. The van der Waals surface area contributed by atoms with Crippen LogP contribution in [0.2, 0.25) is 5.02 Å². The molecule has 0 fully saturated rings. The molecule has 6 nitrogen and oxygen atoms in total. The van der Waals surface area contributed by atoms with Gasteiger partial charge in [-0.05, 0) is 126 Å². The Kier molecular flexibility index (Phi) is 15.4. The fourth-order valence-corrected chi connectivity index (χ4v) is 10.6. The van der Waals surface area contributed by atoms with Crippen LogP contribution in [0.4, 0.5) is 11.4 Å². The third kappa shape index (κ3) is 10.3. The largest absolute Gasteiger partial charge is 2.00 e. The minimum atomic E-state index is -0.482. The van der Waals surface area contributed by atoms with Crippen LogP contribution in [0.25, 0.3) is 10.8 Å². The van der Waals surface area contributed by atoms with E-state index in [4.69, 9.17) is 11.6 Å². The topological polar surface area (TPSA) is 66.4 Å². The molecule has 2 aliphatic rings. The molecule has 4 heterocycles. The van der Waals surface area contributed by atoms with E-state index in [-0.39, 0.29) is 34.1 Å². The molecule has 0 saturated carbocycles. The van der Waals surface area contributed by atoms with Crippen LogP contribution < -0.4 is 9.80 Å². The Bertz CT molecular complexity index is 3100. The van der Waals surface area contributed by atoms with Gasteiger partial charge in [0.15, 0.2) is 0 Å². The minimum Gasteiger partial charge on any atom is -0.347 e. The van der Waals surface area contributed by atoms with Gasteiger partial charge >= 0.3 is 17.1 Å². The maximum absolute atomic E-state index is 13.7. The van der Waals surface area contributed by atoms with E-state index in [1.54, 1.807) is 30.6 Å². The molecule has 10 rings (SSSR count). The van der Waals surface area contributed by atoms with Crippen molar-refractivity contribution >= 4 is 45.3 Å². The molecular weight excluding hydrogens is 932 g/mol. The summed E-state index contributed by atoms with van der Waals surface area (Å²) in [5.74, 6) is 0.370. The number of likely N-dealkylation sites (N-methyl/N-ethyl adjacent to an activating group) is 1. The molecular formula is C62H57ClCuN4O2+2. The number of pyridine rings is 2. The molecule has 70 heavy (non-hydrogen) atoms. The summed E-state index contributed by atoms with van der Waals surface area (Å²) < 4.78 is 0. The van der Waals surface area contributed by atoms with Gasteiger partial charge in [0.25, 0.3) is 0 Å². The number of allylic oxidation sites excluding steroid dienone is 4. The van der Waals surface area contributed by atoms with Crippen LogP contribution in [0.1, 0.15) is 76.0 Å². The molecule has 8 aromatic rings. The van der Waals surface area contributed by atoms with Crippen molar-refractivity contribution in [2.45, 2.75) is 57.3 Å². The number of fused-ring (bicyclic) bond motifs is 4. The van der Waals surface area contributed by atoms with Gasteiger partial charge in [0.1, 0.15) is 11.4 Å². The molecule has 0 bridgehead atoms. The van der Waals surface area contributed by atoms with E-state index in [9.17, 15) is 9.59 Å². The number of halogens is 1. The number of carbonyl (C=O) groups excluding carboxylic acids is 2. The van der Waals surface area contributed by atoms with Crippen molar-refractivity contribution in [2.75, 3.05) is 23.4 Å². The Hall–Kier alpha value is -6.89. The van der Waals surface area contributed by atoms with Gasteiger partial charge in [0, 0.05) is 76.8 Å². The fourth-order valence-electron chi connectivity index (χ4n) is 10.4. The predicted molar refractivity (Wildman–Crippen MR) is 283 cm³/mol. The molecule has 0 aliphatic carbocycles. The first-order chi connectivity index (χ1) is 33.5. The molecule has 0 amide bonds. The average molecular weight is 989 g/mol. The van der Waals surface area contributed by atoms with Crippen molar-refractivity contribution in [3.8, 4) is 0 Å². The standard InChI is InChI=1S/C34H33ClN2O.C28H24N2O.Cu/c1-25(2)18-20-37-31-17-16-28(35)21-29(31)34(23-26-11-5-3-6-12-26,24-27-13-7-4-8-14-27)33(37)22-32(38)30-15-9-10-19-36-30;1-28(19-20-10-4-3-5-11-20)26(18-25(31)23-14-8-9-17-29-23)30(2)24-16-15-21-12-6-7-13-22(21)27(24)28;/h3-17,19,21-22,25H,18,20,23-24H2,1-2H3;3-18H,19H2,1-2H3;/q;;+2/b33-22-;26-18-;. The Morgan fingerprint density at radius 2 is 1.10 bits per heavy atom. The quantitative estimate of drug-likeness (QED) is 0.0651. The van der Waals surface area contributed by atoms with E-state index < -0.39 is 5.41 Å². The zero-order valence-electron chi connectivity index (χ0n) is 40.0. The summed E-state index contributed by atoms with van der Waals surface area (Å²) in [6.45, 7) is 7.55. The minimum absolute atomic E-state index is 0. The molecule has 1 atom stereocenters. The van der Waals surface area contributed by atoms with Gasteiger partial charge in [-0.3, -0.25) is 19.6 Å². The summed E-state index contributed by atoms with van der Waals surface area (Å²) in [5, 5.41) is 3.15. The summed E-state index contributed by atoms with van der Waals surface area (Å²) >= 11 is 6.67. The van der Waals surface area contributed by atoms with Crippen LogP contribution in [0.15, 0.2) is 218 Å². The number of rotatable bonds is 13. The summed E-state index contributed by atoms with van der Waals surface area (Å²) in [5.41, 5.74) is 10.5.